The van der Waals surface area contributed by atoms with Crippen molar-refractivity contribution in [2.75, 3.05) is 11.9 Å². The van der Waals surface area contributed by atoms with Crippen molar-refractivity contribution in [3.63, 3.8) is 0 Å². The van der Waals surface area contributed by atoms with E-state index in [1.165, 1.54) is 12.5 Å². The van der Waals surface area contributed by atoms with Gasteiger partial charge in [-0.25, -0.2) is 9.37 Å². The van der Waals surface area contributed by atoms with Gasteiger partial charge in [0.15, 0.2) is 0 Å². The predicted molar refractivity (Wildman–Crippen MR) is 117 cm³/mol. The van der Waals surface area contributed by atoms with Crippen molar-refractivity contribution in [3.05, 3.63) is 58.5 Å². The third-order valence-electron chi connectivity index (χ3n) is 6.34. The summed E-state index contributed by atoms with van der Waals surface area (Å²) in [6.07, 6.45) is 6.94. The highest BCUT2D eigenvalue weighted by Crippen LogP contribution is 2.30. The molecule has 1 aliphatic heterocycles. The molecule has 7 heteroatoms. The monoisotopic (exact) mass is 424 g/mol. The lowest BCUT2D eigenvalue weighted by Gasteiger charge is -2.23. The average Bonchev–Trinajstić information content (AvgIpc) is 3.11. The summed E-state index contributed by atoms with van der Waals surface area (Å²) in [5.41, 5.74) is 2.31. The molecule has 2 aliphatic rings. The number of carbonyl (C=O) groups excluding carboxylic acids is 2. The lowest BCUT2D eigenvalue weighted by molar-refractivity contribution is 0.0786. The molecule has 1 atom stereocenters. The summed E-state index contributed by atoms with van der Waals surface area (Å²) < 4.78 is 14.8. The molecular weight excluding hydrogens is 395 g/mol. The molecule has 1 unspecified atom stereocenters. The van der Waals surface area contributed by atoms with E-state index in [2.05, 4.69) is 15.6 Å². The topological polar surface area (TPSA) is 74.3 Å². The Hall–Kier alpha value is -2.96. The molecule has 4 rings (SSSR count). The lowest BCUT2D eigenvalue weighted by atomic mass is 9.95. The van der Waals surface area contributed by atoms with Crippen molar-refractivity contribution in [1.29, 1.82) is 0 Å². The highest BCUT2D eigenvalue weighted by molar-refractivity contribution is 5.99. The number of aromatic nitrogens is 1. The number of nitrogens with zero attached hydrogens (tertiary/aromatic N) is 2. The Bertz CT molecular complexity index is 988. The number of hydrogen-bond acceptors (Lipinski definition) is 4. The van der Waals surface area contributed by atoms with Gasteiger partial charge in [-0.3, -0.25) is 9.59 Å². The molecule has 31 heavy (non-hydrogen) atoms. The summed E-state index contributed by atoms with van der Waals surface area (Å²) in [4.78, 5) is 31.1. The molecule has 6 nitrogen and oxygen atoms in total. The first kappa shape index (κ1) is 21.3. The zero-order chi connectivity index (χ0) is 22.0. The van der Waals surface area contributed by atoms with Crippen LogP contribution in [0.4, 0.5) is 10.2 Å². The number of pyridine rings is 1. The molecular formula is C24H29FN4O2. The molecule has 1 aliphatic carbocycles. The first-order valence-electron chi connectivity index (χ1n) is 11.1. The number of anilines is 1. The van der Waals surface area contributed by atoms with Crippen molar-refractivity contribution in [1.82, 2.24) is 15.2 Å². The molecule has 1 aromatic heterocycles. The number of fused-ring (bicyclic) bond motifs is 1. The summed E-state index contributed by atoms with van der Waals surface area (Å²) in [6, 6.07) is 6.35. The van der Waals surface area contributed by atoms with Crippen LogP contribution in [-0.4, -0.2) is 34.3 Å². The first-order chi connectivity index (χ1) is 15.0. The van der Waals surface area contributed by atoms with Gasteiger partial charge in [-0.15, -0.1) is 0 Å². The second-order valence-electron chi connectivity index (χ2n) is 8.42. The van der Waals surface area contributed by atoms with Gasteiger partial charge in [0.05, 0.1) is 18.2 Å². The molecule has 1 saturated carbocycles. The van der Waals surface area contributed by atoms with E-state index in [1.54, 1.807) is 29.3 Å². The molecule has 0 saturated heterocycles. The second kappa shape index (κ2) is 9.04. The van der Waals surface area contributed by atoms with E-state index < -0.39 is 5.82 Å². The number of halogens is 1. The van der Waals surface area contributed by atoms with Gasteiger partial charge in [0.25, 0.3) is 11.8 Å². The van der Waals surface area contributed by atoms with Crippen LogP contribution in [0.25, 0.3) is 0 Å². The predicted octanol–water partition coefficient (Wildman–Crippen LogP) is 4.43. The molecule has 0 spiro atoms. The molecule has 0 bridgehead atoms. The first-order valence-corrected chi connectivity index (χ1v) is 11.1. The highest BCUT2D eigenvalue weighted by Gasteiger charge is 2.29. The maximum absolute atomic E-state index is 14.8. The Morgan fingerprint density at radius 1 is 1.26 bits per heavy atom. The van der Waals surface area contributed by atoms with Crippen molar-refractivity contribution < 1.29 is 14.0 Å². The largest absolute Gasteiger partial charge is 0.363 e. The van der Waals surface area contributed by atoms with Crippen molar-refractivity contribution >= 4 is 17.6 Å². The average molecular weight is 425 g/mol. The molecule has 2 N–H and O–H groups in total. The summed E-state index contributed by atoms with van der Waals surface area (Å²) in [6.45, 7) is 5.01. The van der Waals surface area contributed by atoms with Crippen LogP contribution in [0, 0.1) is 5.82 Å². The number of rotatable bonds is 6. The number of amides is 2. The van der Waals surface area contributed by atoms with Crippen LogP contribution in [0.15, 0.2) is 30.5 Å². The molecule has 2 heterocycles. The van der Waals surface area contributed by atoms with Crippen LogP contribution < -0.4 is 10.6 Å². The van der Waals surface area contributed by atoms with E-state index in [-0.39, 0.29) is 29.5 Å². The Morgan fingerprint density at radius 2 is 2.03 bits per heavy atom. The van der Waals surface area contributed by atoms with Gasteiger partial charge in [0.2, 0.25) is 0 Å². The number of hydrogen-bond donors (Lipinski definition) is 2. The third kappa shape index (κ3) is 4.40. The Labute approximate surface area is 182 Å². The van der Waals surface area contributed by atoms with Gasteiger partial charge in [0, 0.05) is 29.9 Å². The van der Waals surface area contributed by atoms with E-state index >= 15 is 0 Å². The molecule has 1 aromatic carbocycles. The third-order valence-corrected chi connectivity index (χ3v) is 6.34. The maximum Gasteiger partial charge on any atom is 0.254 e. The van der Waals surface area contributed by atoms with Crippen molar-refractivity contribution in [2.24, 2.45) is 0 Å². The fourth-order valence-corrected chi connectivity index (χ4v) is 4.45. The van der Waals surface area contributed by atoms with E-state index in [4.69, 9.17) is 0 Å². The van der Waals surface area contributed by atoms with Crippen LogP contribution in [0.1, 0.15) is 83.8 Å². The van der Waals surface area contributed by atoms with Gasteiger partial charge < -0.3 is 15.5 Å². The van der Waals surface area contributed by atoms with Gasteiger partial charge >= 0.3 is 0 Å². The molecule has 2 aromatic rings. The van der Waals surface area contributed by atoms with E-state index in [0.717, 1.165) is 31.2 Å². The standard InChI is InChI=1S/C24H29FN4O2/c1-3-29-14-20-18(24(29)31)11-12-26-22(20)27-15(2)16-9-10-19(21(25)13-16)23(30)28-17-7-5-4-6-8-17/h9-13,15,17H,3-8,14H2,1-2H3,(H,26,27)(H,28,30). The van der Waals surface area contributed by atoms with Gasteiger partial charge in [-0.1, -0.05) is 25.3 Å². The van der Waals surface area contributed by atoms with Crippen LogP contribution in [0.2, 0.25) is 0 Å². The quantitative estimate of drug-likeness (QED) is 0.719. The SMILES string of the molecule is CCN1Cc2c(ccnc2NC(C)c2ccc(C(=O)NC3CCCCC3)c(F)c2)C1=O. The van der Waals surface area contributed by atoms with Crippen molar-refractivity contribution in [2.45, 2.75) is 64.6 Å². The van der Waals surface area contributed by atoms with Crippen LogP contribution >= 0.6 is 0 Å². The Balaban J connectivity index is 1.47. The summed E-state index contributed by atoms with van der Waals surface area (Å²) >= 11 is 0. The van der Waals surface area contributed by atoms with Gasteiger partial charge in [-0.05, 0) is 50.5 Å². The molecule has 1 fully saturated rings. The van der Waals surface area contributed by atoms with E-state index in [0.29, 0.717) is 30.0 Å². The Morgan fingerprint density at radius 3 is 2.74 bits per heavy atom. The molecule has 164 valence electrons. The number of benzene rings is 1. The van der Waals surface area contributed by atoms with E-state index in [1.807, 2.05) is 13.8 Å². The minimum atomic E-state index is -0.530. The van der Waals surface area contributed by atoms with Crippen LogP contribution in [-0.2, 0) is 6.54 Å². The minimum absolute atomic E-state index is 0.00924. The molecule has 0 radical (unpaired) electrons. The normalized spacial score (nSPS) is 17.4. The van der Waals surface area contributed by atoms with Crippen LogP contribution in [0.3, 0.4) is 0 Å². The maximum atomic E-state index is 14.8. The van der Waals surface area contributed by atoms with Crippen LogP contribution in [0.5, 0.6) is 0 Å². The zero-order valence-electron chi connectivity index (χ0n) is 18.1. The highest BCUT2D eigenvalue weighted by atomic mass is 19.1. The summed E-state index contributed by atoms with van der Waals surface area (Å²) in [5.74, 6) is -0.237. The summed E-state index contributed by atoms with van der Waals surface area (Å²) in [5, 5.41) is 6.27. The molecule has 2 amide bonds. The fourth-order valence-electron chi connectivity index (χ4n) is 4.45. The number of carbonyl (C=O) groups is 2. The Kier molecular flexibility index (Phi) is 6.20. The summed E-state index contributed by atoms with van der Waals surface area (Å²) in [7, 11) is 0. The van der Waals surface area contributed by atoms with Gasteiger partial charge in [-0.2, -0.15) is 0 Å². The second-order valence-corrected chi connectivity index (χ2v) is 8.42. The van der Waals surface area contributed by atoms with E-state index in [9.17, 15) is 14.0 Å². The fraction of sp³-hybridized carbons (Fsp3) is 0.458. The lowest BCUT2D eigenvalue weighted by Crippen LogP contribution is -2.36. The smallest absolute Gasteiger partial charge is 0.254 e. The van der Waals surface area contributed by atoms with Crippen molar-refractivity contribution in [3.8, 4) is 0 Å². The van der Waals surface area contributed by atoms with Gasteiger partial charge in [0.1, 0.15) is 11.6 Å². The number of nitrogens with one attached hydrogen (secondary N) is 2. The zero-order valence-corrected chi connectivity index (χ0v) is 18.1. The minimum Gasteiger partial charge on any atom is -0.363 e.